The number of aromatic nitrogens is 2. The highest BCUT2D eigenvalue weighted by atomic mass is 19.1. The first-order valence-electron chi connectivity index (χ1n) is 6.88. The van der Waals surface area contributed by atoms with Crippen LogP contribution in [0.1, 0.15) is 28.3 Å². The van der Waals surface area contributed by atoms with Crippen molar-refractivity contribution in [3.8, 4) is 0 Å². The fraction of sp³-hybridized carbons (Fsp3) is 0.0556. The van der Waals surface area contributed by atoms with Crippen LogP contribution in [0.4, 0.5) is 4.39 Å². The number of imidazole rings is 1. The van der Waals surface area contributed by atoms with Crippen molar-refractivity contribution in [3.05, 3.63) is 95.3 Å². The van der Waals surface area contributed by atoms with Gasteiger partial charge in [0.25, 0.3) is 0 Å². The van der Waals surface area contributed by atoms with Crippen LogP contribution in [0.5, 0.6) is 0 Å². The van der Waals surface area contributed by atoms with Crippen LogP contribution in [0.15, 0.2) is 67.1 Å². The van der Waals surface area contributed by atoms with E-state index in [9.17, 15) is 4.39 Å². The van der Waals surface area contributed by atoms with Gasteiger partial charge < -0.3 is 4.98 Å². The van der Waals surface area contributed by atoms with E-state index in [0.717, 1.165) is 16.8 Å². The molecular weight excluding hydrogens is 263 g/mol. The molecule has 0 spiro atoms. The lowest BCUT2D eigenvalue weighted by Crippen LogP contribution is -1.95. The Morgan fingerprint density at radius 1 is 1.00 bits per heavy atom. The lowest BCUT2D eigenvalue weighted by atomic mass is 9.93. The molecule has 4 rings (SSSR count). The second-order valence-electron chi connectivity index (χ2n) is 5.15. The van der Waals surface area contributed by atoms with Crippen LogP contribution in [0.2, 0.25) is 0 Å². The van der Waals surface area contributed by atoms with Crippen LogP contribution in [0, 0.1) is 5.82 Å². The monoisotopic (exact) mass is 276 g/mol. The third-order valence-electron chi connectivity index (χ3n) is 3.92. The summed E-state index contributed by atoms with van der Waals surface area (Å²) in [6, 6.07) is 15.0. The second-order valence-corrected chi connectivity index (χ2v) is 5.15. The highest BCUT2D eigenvalue weighted by Crippen LogP contribution is 2.41. The molecule has 1 aromatic heterocycles. The zero-order chi connectivity index (χ0) is 14.2. The van der Waals surface area contributed by atoms with E-state index in [1.165, 1.54) is 23.3 Å². The molecule has 102 valence electrons. The van der Waals surface area contributed by atoms with Crippen LogP contribution in [-0.4, -0.2) is 9.97 Å². The van der Waals surface area contributed by atoms with Crippen LogP contribution in [0.3, 0.4) is 0 Å². The molecule has 1 N–H and O–H groups in total. The minimum atomic E-state index is -0.207. The Morgan fingerprint density at radius 3 is 2.57 bits per heavy atom. The number of fused-ring (bicyclic) bond motifs is 1. The molecule has 1 atom stereocenters. The van der Waals surface area contributed by atoms with Crippen LogP contribution < -0.4 is 0 Å². The minimum absolute atomic E-state index is 0.147. The summed E-state index contributed by atoms with van der Waals surface area (Å²) < 4.78 is 13.1. The summed E-state index contributed by atoms with van der Waals surface area (Å²) in [6.07, 6.45) is 5.79. The lowest BCUT2D eigenvalue weighted by Gasteiger charge is -2.11. The molecule has 0 fully saturated rings. The van der Waals surface area contributed by atoms with E-state index in [1.54, 1.807) is 6.33 Å². The zero-order valence-electron chi connectivity index (χ0n) is 11.3. The molecule has 2 aromatic carbocycles. The number of nitrogens with one attached hydrogen (secondary N) is 1. The predicted octanol–water partition coefficient (Wildman–Crippen LogP) is 4.13. The molecule has 0 saturated heterocycles. The normalized spacial score (nSPS) is 16.6. The van der Waals surface area contributed by atoms with E-state index in [1.807, 2.05) is 30.5 Å². The molecule has 1 aliphatic carbocycles. The highest BCUT2D eigenvalue weighted by molar-refractivity contribution is 5.85. The summed E-state index contributed by atoms with van der Waals surface area (Å²) in [5.41, 5.74) is 5.59. The second kappa shape index (κ2) is 4.70. The van der Waals surface area contributed by atoms with Gasteiger partial charge in [-0.3, -0.25) is 0 Å². The molecule has 1 heterocycles. The van der Waals surface area contributed by atoms with Crippen molar-refractivity contribution in [1.82, 2.24) is 9.97 Å². The van der Waals surface area contributed by atoms with Crippen molar-refractivity contribution >= 4 is 5.57 Å². The molecule has 0 bridgehead atoms. The van der Waals surface area contributed by atoms with Gasteiger partial charge in [0.15, 0.2) is 0 Å². The third kappa shape index (κ3) is 1.98. The Kier molecular flexibility index (Phi) is 2.71. The number of hydrogen-bond donors (Lipinski definition) is 1. The molecule has 1 unspecified atom stereocenters. The molecule has 0 saturated carbocycles. The molecule has 2 nitrogen and oxygen atoms in total. The van der Waals surface area contributed by atoms with E-state index in [-0.39, 0.29) is 11.7 Å². The van der Waals surface area contributed by atoms with Crippen molar-refractivity contribution in [3.63, 3.8) is 0 Å². The van der Waals surface area contributed by atoms with Crippen molar-refractivity contribution < 1.29 is 4.39 Å². The summed E-state index contributed by atoms with van der Waals surface area (Å²) in [4.78, 5) is 7.35. The maximum atomic E-state index is 13.1. The Hall–Kier alpha value is -2.68. The van der Waals surface area contributed by atoms with Crippen LogP contribution in [-0.2, 0) is 0 Å². The Morgan fingerprint density at radius 2 is 1.81 bits per heavy atom. The Labute approximate surface area is 122 Å². The fourth-order valence-corrected chi connectivity index (χ4v) is 2.94. The van der Waals surface area contributed by atoms with Crippen LogP contribution >= 0.6 is 0 Å². The van der Waals surface area contributed by atoms with Gasteiger partial charge >= 0.3 is 0 Å². The number of hydrogen-bond acceptors (Lipinski definition) is 1. The maximum Gasteiger partial charge on any atom is 0.123 e. The third-order valence-corrected chi connectivity index (χ3v) is 3.92. The predicted molar refractivity (Wildman–Crippen MR) is 80.4 cm³/mol. The van der Waals surface area contributed by atoms with Gasteiger partial charge in [-0.1, -0.05) is 42.5 Å². The van der Waals surface area contributed by atoms with Gasteiger partial charge in [0.1, 0.15) is 5.82 Å². The topological polar surface area (TPSA) is 28.7 Å². The average Bonchev–Trinajstić information content (AvgIpc) is 3.15. The van der Waals surface area contributed by atoms with Gasteiger partial charge in [0, 0.05) is 17.7 Å². The van der Waals surface area contributed by atoms with Gasteiger partial charge in [-0.2, -0.15) is 0 Å². The van der Waals surface area contributed by atoms with Crippen molar-refractivity contribution in [1.29, 1.82) is 0 Å². The Bertz CT molecular complexity index is 801. The summed E-state index contributed by atoms with van der Waals surface area (Å²) in [5, 5.41) is 0. The van der Waals surface area contributed by atoms with E-state index in [4.69, 9.17) is 0 Å². The standard InChI is InChI=1S/C18H13FN2/c19-13-7-5-12(6-8-13)16-9-17(18-10-20-11-21-18)15-4-2-1-3-14(15)16/h1-11,16H,(H,20,21). The fourth-order valence-electron chi connectivity index (χ4n) is 2.94. The Balaban J connectivity index is 1.87. The van der Waals surface area contributed by atoms with Crippen LogP contribution in [0.25, 0.3) is 5.57 Å². The number of allylic oxidation sites excluding steroid dienone is 1. The number of aromatic amines is 1. The lowest BCUT2D eigenvalue weighted by molar-refractivity contribution is 0.627. The quantitative estimate of drug-likeness (QED) is 0.749. The first-order valence-corrected chi connectivity index (χ1v) is 6.88. The van der Waals surface area contributed by atoms with E-state index >= 15 is 0 Å². The van der Waals surface area contributed by atoms with E-state index < -0.39 is 0 Å². The first kappa shape index (κ1) is 12.1. The van der Waals surface area contributed by atoms with E-state index in [0.29, 0.717) is 0 Å². The van der Waals surface area contributed by atoms with Crippen molar-refractivity contribution in [2.24, 2.45) is 0 Å². The van der Waals surface area contributed by atoms with Gasteiger partial charge in [-0.05, 0) is 28.8 Å². The number of H-pyrrole nitrogens is 1. The SMILES string of the molecule is Fc1ccc(C2C=C(c3c[nH]cn3)c3ccccc32)cc1. The summed E-state index contributed by atoms with van der Waals surface area (Å²) in [5.74, 6) is -0.0602. The molecule has 0 amide bonds. The van der Waals surface area contributed by atoms with E-state index in [2.05, 4.69) is 28.2 Å². The summed E-state index contributed by atoms with van der Waals surface area (Å²) in [6.45, 7) is 0. The molecule has 1 aliphatic rings. The average molecular weight is 276 g/mol. The number of rotatable bonds is 2. The molecule has 0 aliphatic heterocycles. The largest absolute Gasteiger partial charge is 0.351 e. The maximum absolute atomic E-state index is 13.1. The number of benzene rings is 2. The molecule has 21 heavy (non-hydrogen) atoms. The number of nitrogens with zero attached hydrogens (tertiary/aromatic N) is 1. The number of halogens is 1. The van der Waals surface area contributed by atoms with Crippen molar-refractivity contribution in [2.45, 2.75) is 5.92 Å². The van der Waals surface area contributed by atoms with Crippen molar-refractivity contribution in [2.75, 3.05) is 0 Å². The minimum Gasteiger partial charge on any atom is -0.351 e. The summed E-state index contributed by atoms with van der Waals surface area (Å²) in [7, 11) is 0. The smallest absolute Gasteiger partial charge is 0.123 e. The molecular formula is C18H13FN2. The summed E-state index contributed by atoms with van der Waals surface area (Å²) >= 11 is 0. The molecule has 3 heteroatoms. The van der Waals surface area contributed by atoms with Gasteiger partial charge in [-0.15, -0.1) is 0 Å². The van der Waals surface area contributed by atoms with Gasteiger partial charge in [0.05, 0.1) is 12.0 Å². The molecule has 3 aromatic rings. The van der Waals surface area contributed by atoms with Gasteiger partial charge in [0.2, 0.25) is 0 Å². The molecule has 0 radical (unpaired) electrons. The zero-order valence-corrected chi connectivity index (χ0v) is 11.3. The first-order chi connectivity index (χ1) is 10.3. The van der Waals surface area contributed by atoms with Gasteiger partial charge in [-0.25, -0.2) is 9.37 Å². The highest BCUT2D eigenvalue weighted by Gasteiger charge is 2.25.